The predicted octanol–water partition coefficient (Wildman–Crippen LogP) is 4.03. The largest absolute Gasteiger partial charge is 0.356 e. The van der Waals surface area contributed by atoms with Gasteiger partial charge < -0.3 is 5.32 Å². The monoisotopic (exact) mass is 303 g/mol. The van der Waals surface area contributed by atoms with E-state index in [0.29, 0.717) is 0 Å². The molecule has 1 amide bonds. The van der Waals surface area contributed by atoms with Gasteiger partial charge in [0.25, 0.3) is 0 Å². The molecule has 3 heteroatoms. The first kappa shape index (κ1) is 15.0. The molecule has 2 nitrogen and oxygen atoms in total. The van der Waals surface area contributed by atoms with Crippen LogP contribution < -0.4 is 5.32 Å². The lowest BCUT2D eigenvalue weighted by Crippen LogP contribution is -2.24. The summed E-state index contributed by atoms with van der Waals surface area (Å²) in [5.41, 5.74) is 0. The standard InChI is InChI=1S/C14H26BrNO/c15-11-5-1-2-6-12-16-14(17)10-9-13-7-3-4-8-13/h13H,1-12H2,(H,16,17). The third-order valence-electron chi connectivity index (χ3n) is 3.64. The Balaban J connectivity index is 1.87. The summed E-state index contributed by atoms with van der Waals surface area (Å²) in [6.45, 7) is 0.867. The van der Waals surface area contributed by atoms with Crippen molar-refractivity contribution in [3.8, 4) is 0 Å². The molecule has 1 fully saturated rings. The number of unbranched alkanes of at least 4 members (excludes halogenated alkanes) is 3. The molecule has 1 aliphatic carbocycles. The molecule has 0 aromatic carbocycles. The fourth-order valence-corrected chi connectivity index (χ4v) is 2.92. The number of carbonyl (C=O) groups is 1. The van der Waals surface area contributed by atoms with Crippen LogP contribution in [0.25, 0.3) is 0 Å². The third kappa shape index (κ3) is 7.80. The molecule has 0 radical (unpaired) electrons. The van der Waals surface area contributed by atoms with Gasteiger partial charge in [0.2, 0.25) is 5.91 Å². The quantitative estimate of drug-likeness (QED) is 0.506. The maximum absolute atomic E-state index is 11.6. The van der Waals surface area contributed by atoms with Gasteiger partial charge in [-0.25, -0.2) is 0 Å². The lowest BCUT2D eigenvalue weighted by molar-refractivity contribution is -0.121. The number of alkyl halides is 1. The second-order valence-corrected chi connectivity index (χ2v) is 5.94. The minimum atomic E-state index is 0.261. The Hall–Kier alpha value is -0.0500. The van der Waals surface area contributed by atoms with Crippen molar-refractivity contribution in [3.05, 3.63) is 0 Å². The Morgan fingerprint density at radius 2 is 1.82 bits per heavy atom. The van der Waals surface area contributed by atoms with Gasteiger partial charge in [-0.3, -0.25) is 4.79 Å². The lowest BCUT2D eigenvalue weighted by Gasteiger charge is -2.09. The van der Waals surface area contributed by atoms with E-state index >= 15 is 0 Å². The van der Waals surface area contributed by atoms with Crippen LogP contribution >= 0.6 is 15.9 Å². The second-order valence-electron chi connectivity index (χ2n) is 5.14. The molecular formula is C14H26BrNO. The molecule has 100 valence electrons. The zero-order chi connectivity index (χ0) is 12.3. The average Bonchev–Trinajstić information content (AvgIpc) is 2.84. The van der Waals surface area contributed by atoms with Crippen molar-refractivity contribution in [2.75, 3.05) is 11.9 Å². The number of rotatable bonds is 9. The second kappa shape index (κ2) is 9.93. The summed E-state index contributed by atoms with van der Waals surface area (Å²) in [7, 11) is 0. The van der Waals surface area contributed by atoms with Gasteiger partial charge >= 0.3 is 0 Å². The number of amides is 1. The summed E-state index contributed by atoms with van der Waals surface area (Å²) in [6, 6.07) is 0. The van der Waals surface area contributed by atoms with Crippen molar-refractivity contribution in [2.24, 2.45) is 5.92 Å². The van der Waals surface area contributed by atoms with Gasteiger partial charge in [0.05, 0.1) is 0 Å². The normalized spacial score (nSPS) is 16.3. The molecular weight excluding hydrogens is 278 g/mol. The Kier molecular flexibility index (Phi) is 8.76. The van der Waals surface area contributed by atoms with Gasteiger partial charge in [0, 0.05) is 18.3 Å². The van der Waals surface area contributed by atoms with E-state index in [0.717, 1.165) is 37.1 Å². The van der Waals surface area contributed by atoms with Crippen LogP contribution in [-0.4, -0.2) is 17.8 Å². The van der Waals surface area contributed by atoms with Crippen LogP contribution in [0.5, 0.6) is 0 Å². The van der Waals surface area contributed by atoms with Crippen molar-refractivity contribution >= 4 is 21.8 Å². The molecule has 0 aliphatic heterocycles. The number of hydrogen-bond acceptors (Lipinski definition) is 1. The van der Waals surface area contributed by atoms with Gasteiger partial charge in [-0.05, 0) is 25.2 Å². The molecule has 1 saturated carbocycles. The molecule has 0 spiro atoms. The van der Waals surface area contributed by atoms with Crippen LogP contribution in [0.1, 0.15) is 64.2 Å². The van der Waals surface area contributed by atoms with E-state index in [9.17, 15) is 4.79 Å². The summed E-state index contributed by atoms with van der Waals surface area (Å²) < 4.78 is 0. The zero-order valence-corrected chi connectivity index (χ0v) is 12.4. The zero-order valence-electron chi connectivity index (χ0n) is 10.8. The number of carbonyl (C=O) groups excluding carboxylic acids is 1. The van der Waals surface area contributed by atoms with Gasteiger partial charge in [0.1, 0.15) is 0 Å². The van der Waals surface area contributed by atoms with Crippen LogP contribution in [0.3, 0.4) is 0 Å². The van der Waals surface area contributed by atoms with Crippen molar-refractivity contribution in [3.63, 3.8) is 0 Å². The molecule has 1 aliphatic rings. The molecule has 0 bridgehead atoms. The van der Waals surface area contributed by atoms with Gasteiger partial charge in [-0.1, -0.05) is 54.5 Å². The van der Waals surface area contributed by atoms with Crippen molar-refractivity contribution in [2.45, 2.75) is 64.2 Å². The summed E-state index contributed by atoms with van der Waals surface area (Å²) in [6.07, 6.45) is 12.2. The minimum absolute atomic E-state index is 0.261. The van der Waals surface area contributed by atoms with Crippen LogP contribution in [0.15, 0.2) is 0 Å². The number of nitrogens with one attached hydrogen (secondary N) is 1. The first-order valence-corrected chi connectivity index (χ1v) is 8.27. The van der Waals surface area contributed by atoms with E-state index in [2.05, 4.69) is 21.2 Å². The maximum Gasteiger partial charge on any atom is 0.220 e. The smallest absolute Gasteiger partial charge is 0.220 e. The topological polar surface area (TPSA) is 29.1 Å². The number of halogens is 1. The van der Waals surface area contributed by atoms with Gasteiger partial charge in [-0.15, -0.1) is 0 Å². The Morgan fingerprint density at radius 3 is 2.53 bits per heavy atom. The first-order valence-electron chi connectivity index (χ1n) is 7.15. The molecule has 0 aromatic heterocycles. The van der Waals surface area contributed by atoms with E-state index in [4.69, 9.17) is 0 Å². The van der Waals surface area contributed by atoms with Crippen LogP contribution in [0, 0.1) is 5.92 Å². The van der Waals surface area contributed by atoms with Crippen molar-refractivity contribution in [1.82, 2.24) is 5.32 Å². The summed E-state index contributed by atoms with van der Waals surface area (Å²) in [4.78, 5) is 11.6. The highest BCUT2D eigenvalue weighted by molar-refractivity contribution is 9.09. The van der Waals surface area contributed by atoms with E-state index < -0.39 is 0 Å². The van der Waals surface area contributed by atoms with Crippen LogP contribution in [0.4, 0.5) is 0 Å². The first-order chi connectivity index (χ1) is 8.33. The molecule has 1 N–H and O–H groups in total. The highest BCUT2D eigenvalue weighted by Crippen LogP contribution is 2.28. The summed E-state index contributed by atoms with van der Waals surface area (Å²) >= 11 is 3.42. The summed E-state index contributed by atoms with van der Waals surface area (Å²) in [5.74, 6) is 1.09. The lowest BCUT2D eigenvalue weighted by atomic mass is 10.0. The van der Waals surface area contributed by atoms with E-state index in [1.807, 2.05) is 0 Å². The van der Waals surface area contributed by atoms with Crippen LogP contribution in [0.2, 0.25) is 0 Å². The van der Waals surface area contributed by atoms with Crippen LogP contribution in [-0.2, 0) is 4.79 Å². The Bertz CT molecular complexity index is 202. The van der Waals surface area contributed by atoms with Crippen molar-refractivity contribution in [1.29, 1.82) is 0 Å². The van der Waals surface area contributed by atoms with Gasteiger partial charge in [-0.2, -0.15) is 0 Å². The molecule has 0 heterocycles. The van der Waals surface area contributed by atoms with Gasteiger partial charge in [0.15, 0.2) is 0 Å². The summed E-state index contributed by atoms with van der Waals surface area (Å²) in [5, 5.41) is 4.13. The van der Waals surface area contributed by atoms with E-state index in [1.165, 1.54) is 44.9 Å². The Labute approximate surface area is 114 Å². The average molecular weight is 304 g/mol. The molecule has 0 unspecified atom stereocenters. The fourth-order valence-electron chi connectivity index (χ4n) is 2.52. The fraction of sp³-hybridized carbons (Fsp3) is 0.929. The predicted molar refractivity (Wildman–Crippen MR) is 76.5 cm³/mol. The van der Waals surface area contributed by atoms with Crippen molar-refractivity contribution < 1.29 is 4.79 Å². The molecule has 0 aromatic rings. The SMILES string of the molecule is O=C(CCC1CCCC1)NCCCCCCBr. The third-order valence-corrected chi connectivity index (χ3v) is 4.20. The highest BCUT2D eigenvalue weighted by atomic mass is 79.9. The molecule has 1 rings (SSSR count). The highest BCUT2D eigenvalue weighted by Gasteiger charge is 2.15. The minimum Gasteiger partial charge on any atom is -0.356 e. The van der Waals surface area contributed by atoms with E-state index in [-0.39, 0.29) is 5.91 Å². The molecule has 0 atom stereocenters. The van der Waals surface area contributed by atoms with E-state index in [1.54, 1.807) is 0 Å². The maximum atomic E-state index is 11.6. The molecule has 17 heavy (non-hydrogen) atoms. The molecule has 0 saturated heterocycles. The Morgan fingerprint density at radius 1 is 1.12 bits per heavy atom. The number of hydrogen-bond donors (Lipinski definition) is 1.